The Hall–Kier alpha value is -2.10. The van der Waals surface area contributed by atoms with Crippen molar-refractivity contribution in [1.29, 1.82) is 0 Å². The summed E-state index contributed by atoms with van der Waals surface area (Å²) in [6.07, 6.45) is 0.717. The second-order valence-electron chi connectivity index (χ2n) is 5.14. The van der Waals surface area contributed by atoms with E-state index in [1.165, 1.54) is 0 Å². The number of rotatable bonds is 3. The molecule has 0 saturated heterocycles. The summed E-state index contributed by atoms with van der Waals surface area (Å²) in [6.45, 7) is 3.75. The number of hydrogen-bond acceptors (Lipinski definition) is 2. The van der Waals surface area contributed by atoms with E-state index in [4.69, 9.17) is 5.73 Å². The molecule has 1 aromatic rings. The van der Waals surface area contributed by atoms with E-state index in [0.717, 1.165) is 16.8 Å². The van der Waals surface area contributed by atoms with E-state index in [1.807, 2.05) is 44.2 Å². The lowest BCUT2D eigenvalue weighted by Crippen LogP contribution is -2.53. The topological polar surface area (TPSA) is 72.2 Å². The van der Waals surface area contributed by atoms with Crippen LogP contribution < -0.4 is 11.1 Å². The highest BCUT2D eigenvalue weighted by Gasteiger charge is 2.46. The van der Waals surface area contributed by atoms with Crippen LogP contribution in [0.3, 0.4) is 0 Å². The van der Waals surface area contributed by atoms with E-state index in [9.17, 15) is 9.59 Å². The normalized spacial score (nSPS) is 23.2. The van der Waals surface area contributed by atoms with Gasteiger partial charge in [-0.2, -0.15) is 0 Å². The van der Waals surface area contributed by atoms with Crippen LogP contribution in [0.4, 0.5) is 0 Å². The Morgan fingerprint density at radius 2 is 1.95 bits per heavy atom. The van der Waals surface area contributed by atoms with Gasteiger partial charge in [-0.3, -0.25) is 9.59 Å². The zero-order valence-corrected chi connectivity index (χ0v) is 11.2. The van der Waals surface area contributed by atoms with Crippen molar-refractivity contribution in [3.05, 3.63) is 47.2 Å². The average molecular weight is 258 g/mol. The molecule has 0 bridgehead atoms. The first-order valence-corrected chi connectivity index (χ1v) is 6.27. The molecule has 100 valence electrons. The number of nitrogens with two attached hydrogens (primary N) is 1. The number of allylic oxidation sites excluding steroid dienone is 2. The molecule has 2 rings (SSSR count). The Balaban J connectivity index is 2.40. The van der Waals surface area contributed by atoms with Crippen LogP contribution in [0, 0.1) is 5.41 Å². The Labute approximate surface area is 112 Å². The number of amides is 2. The molecule has 0 aromatic heterocycles. The molecule has 4 heteroatoms. The predicted octanol–water partition coefficient (Wildman–Crippen LogP) is 1.51. The van der Waals surface area contributed by atoms with Gasteiger partial charge in [0.15, 0.2) is 0 Å². The third kappa shape index (κ3) is 2.38. The van der Waals surface area contributed by atoms with Gasteiger partial charge in [0, 0.05) is 5.70 Å². The molecule has 3 N–H and O–H groups in total. The minimum Gasteiger partial charge on any atom is -0.369 e. The maximum atomic E-state index is 12.3. The van der Waals surface area contributed by atoms with Gasteiger partial charge in [0.05, 0.1) is 0 Å². The Morgan fingerprint density at radius 1 is 1.32 bits per heavy atom. The van der Waals surface area contributed by atoms with Crippen LogP contribution in [-0.4, -0.2) is 11.8 Å². The highest BCUT2D eigenvalue weighted by atomic mass is 16.2. The van der Waals surface area contributed by atoms with Crippen LogP contribution in [-0.2, 0) is 16.0 Å². The zero-order valence-electron chi connectivity index (χ0n) is 11.2. The first-order valence-electron chi connectivity index (χ1n) is 6.27. The van der Waals surface area contributed by atoms with Crippen LogP contribution in [0.2, 0.25) is 0 Å². The van der Waals surface area contributed by atoms with Crippen molar-refractivity contribution in [3.63, 3.8) is 0 Å². The first-order chi connectivity index (χ1) is 8.95. The molecule has 0 spiro atoms. The lowest BCUT2D eigenvalue weighted by atomic mass is 9.73. The largest absolute Gasteiger partial charge is 0.369 e. The maximum absolute atomic E-state index is 12.3. The van der Waals surface area contributed by atoms with Gasteiger partial charge in [-0.25, -0.2) is 0 Å². The van der Waals surface area contributed by atoms with Crippen molar-refractivity contribution in [1.82, 2.24) is 5.32 Å². The maximum Gasteiger partial charge on any atom is 0.240 e. The monoisotopic (exact) mass is 258 g/mol. The van der Waals surface area contributed by atoms with Crippen LogP contribution in [0.15, 0.2) is 41.6 Å². The van der Waals surface area contributed by atoms with Crippen LogP contribution in [0.25, 0.3) is 0 Å². The van der Waals surface area contributed by atoms with Crippen molar-refractivity contribution >= 4 is 11.8 Å². The molecule has 1 aliphatic rings. The molecule has 1 heterocycles. The quantitative estimate of drug-likeness (QED) is 0.807. The summed E-state index contributed by atoms with van der Waals surface area (Å²) in [4.78, 5) is 24.2. The molecular formula is C15H18N2O2. The van der Waals surface area contributed by atoms with Gasteiger partial charge >= 0.3 is 0 Å². The fraction of sp³-hybridized carbons (Fsp3) is 0.333. The second-order valence-corrected chi connectivity index (χ2v) is 5.14. The summed E-state index contributed by atoms with van der Waals surface area (Å²) in [5, 5.41) is 2.76. The molecule has 0 radical (unpaired) electrons. The van der Waals surface area contributed by atoms with Crippen molar-refractivity contribution in [2.45, 2.75) is 26.7 Å². The van der Waals surface area contributed by atoms with Crippen molar-refractivity contribution in [3.8, 4) is 0 Å². The van der Waals surface area contributed by atoms with Crippen molar-refractivity contribution < 1.29 is 9.59 Å². The minimum absolute atomic E-state index is 0.299. The lowest BCUT2D eigenvalue weighted by Gasteiger charge is -2.34. The van der Waals surface area contributed by atoms with E-state index < -0.39 is 11.3 Å². The Bertz CT molecular complexity index is 549. The molecule has 0 aliphatic carbocycles. The fourth-order valence-corrected chi connectivity index (χ4v) is 2.44. The third-order valence-electron chi connectivity index (χ3n) is 3.76. The molecule has 1 aromatic carbocycles. The van der Waals surface area contributed by atoms with E-state index in [-0.39, 0.29) is 5.91 Å². The van der Waals surface area contributed by atoms with Crippen LogP contribution in [0.1, 0.15) is 25.8 Å². The summed E-state index contributed by atoms with van der Waals surface area (Å²) < 4.78 is 0. The van der Waals surface area contributed by atoms with Gasteiger partial charge in [0.25, 0.3) is 0 Å². The van der Waals surface area contributed by atoms with Gasteiger partial charge in [-0.05, 0) is 32.3 Å². The van der Waals surface area contributed by atoms with Gasteiger partial charge < -0.3 is 11.1 Å². The highest BCUT2D eigenvalue weighted by molar-refractivity contribution is 6.06. The summed E-state index contributed by atoms with van der Waals surface area (Å²) >= 11 is 0. The Morgan fingerprint density at radius 3 is 2.53 bits per heavy atom. The fourth-order valence-electron chi connectivity index (χ4n) is 2.44. The molecule has 0 saturated carbocycles. The van der Waals surface area contributed by atoms with E-state index in [0.29, 0.717) is 12.8 Å². The molecule has 0 fully saturated rings. The SMILES string of the molecule is CC1=C(C)NC(=O)C(Cc2ccccc2)(C(N)=O)C1. The molecule has 19 heavy (non-hydrogen) atoms. The van der Waals surface area contributed by atoms with Gasteiger partial charge in [-0.15, -0.1) is 0 Å². The standard InChI is InChI=1S/C15H18N2O2/c1-10-8-15(13(16)18,14(19)17-11(10)2)9-12-6-4-3-5-7-12/h3-7H,8-9H2,1-2H3,(H2,16,18)(H,17,19). The average Bonchev–Trinajstić information content (AvgIpc) is 2.37. The summed E-state index contributed by atoms with van der Waals surface area (Å²) in [5.74, 6) is -0.868. The number of carbonyl (C=O) groups is 2. The highest BCUT2D eigenvalue weighted by Crippen LogP contribution is 2.35. The van der Waals surface area contributed by atoms with E-state index >= 15 is 0 Å². The molecule has 4 nitrogen and oxygen atoms in total. The third-order valence-corrected chi connectivity index (χ3v) is 3.76. The van der Waals surface area contributed by atoms with Crippen molar-refractivity contribution in [2.75, 3.05) is 0 Å². The number of nitrogens with one attached hydrogen (secondary N) is 1. The smallest absolute Gasteiger partial charge is 0.240 e. The second kappa shape index (κ2) is 4.88. The Kier molecular flexibility index (Phi) is 3.42. The number of benzene rings is 1. The molecule has 1 atom stereocenters. The number of carbonyl (C=O) groups excluding carboxylic acids is 2. The van der Waals surface area contributed by atoms with Crippen LogP contribution in [0.5, 0.6) is 0 Å². The summed E-state index contributed by atoms with van der Waals surface area (Å²) in [7, 11) is 0. The first kappa shape index (κ1) is 13.3. The van der Waals surface area contributed by atoms with Gasteiger partial charge in [-0.1, -0.05) is 35.9 Å². The summed E-state index contributed by atoms with van der Waals surface area (Å²) in [6, 6.07) is 9.48. The molecular weight excluding hydrogens is 240 g/mol. The zero-order chi connectivity index (χ0) is 14.0. The van der Waals surface area contributed by atoms with Crippen LogP contribution >= 0.6 is 0 Å². The molecule has 1 aliphatic heterocycles. The summed E-state index contributed by atoms with van der Waals surface area (Å²) in [5.41, 5.74) is 7.09. The van der Waals surface area contributed by atoms with Gasteiger partial charge in [0.2, 0.25) is 11.8 Å². The number of primary amides is 1. The predicted molar refractivity (Wildman–Crippen MR) is 72.9 cm³/mol. The molecule has 1 unspecified atom stereocenters. The van der Waals surface area contributed by atoms with E-state index in [2.05, 4.69) is 5.32 Å². The van der Waals surface area contributed by atoms with Crippen molar-refractivity contribution in [2.24, 2.45) is 11.1 Å². The van der Waals surface area contributed by atoms with Gasteiger partial charge in [0.1, 0.15) is 5.41 Å². The van der Waals surface area contributed by atoms with E-state index in [1.54, 1.807) is 0 Å². The number of hydrogen-bond donors (Lipinski definition) is 2. The molecule has 2 amide bonds. The lowest BCUT2D eigenvalue weighted by molar-refractivity contribution is -0.142. The minimum atomic E-state index is -1.18.